The van der Waals surface area contributed by atoms with Gasteiger partial charge in [0.2, 0.25) is 0 Å². The molecule has 0 aliphatic carbocycles. The van der Waals surface area contributed by atoms with Gasteiger partial charge in [-0.05, 0) is 13.8 Å². The molecule has 1 aromatic heterocycles. The van der Waals surface area contributed by atoms with E-state index in [1.165, 1.54) is 0 Å². The zero-order valence-corrected chi connectivity index (χ0v) is 10.4. The van der Waals surface area contributed by atoms with E-state index in [2.05, 4.69) is 4.98 Å². The second-order valence-corrected chi connectivity index (χ2v) is 6.06. The van der Waals surface area contributed by atoms with Crippen LogP contribution in [-0.4, -0.2) is 30.8 Å². The standard InChI is InChI=1S/C10H19N3OS/c1-10(2,11)8-15(14)7-4-9-12-5-6-13(9)3/h5-6H,4,7-8,11H2,1-3H3. The van der Waals surface area contributed by atoms with E-state index < -0.39 is 10.8 Å². The van der Waals surface area contributed by atoms with Gasteiger partial charge in [-0.3, -0.25) is 4.21 Å². The van der Waals surface area contributed by atoms with Gasteiger partial charge in [0.05, 0.1) is 0 Å². The lowest BCUT2D eigenvalue weighted by Crippen LogP contribution is -2.38. The summed E-state index contributed by atoms with van der Waals surface area (Å²) < 4.78 is 13.6. The Hall–Kier alpha value is -0.680. The number of imidazole rings is 1. The van der Waals surface area contributed by atoms with Gasteiger partial charge in [0.15, 0.2) is 0 Å². The summed E-state index contributed by atoms with van der Waals surface area (Å²) in [6.07, 6.45) is 4.39. The molecule has 0 radical (unpaired) electrons. The van der Waals surface area contributed by atoms with Crippen molar-refractivity contribution in [3.05, 3.63) is 18.2 Å². The Labute approximate surface area is 93.3 Å². The Morgan fingerprint density at radius 2 is 2.27 bits per heavy atom. The lowest BCUT2D eigenvalue weighted by molar-refractivity contribution is 0.577. The first-order chi connectivity index (χ1) is 6.88. The van der Waals surface area contributed by atoms with Gasteiger partial charge in [-0.25, -0.2) is 4.98 Å². The van der Waals surface area contributed by atoms with Crippen molar-refractivity contribution in [1.29, 1.82) is 0 Å². The van der Waals surface area contributed by atoms with E-state index in [0.717, 1.165) is 12.2 Å². The van der Waals surface area contributed by atoms with Crippen LogP contribution in [0, 0.1) is 0 Å². The van der Waals surface area contributed by atoms with Gasteiger partial charge in [0.25, 0.3) is 0 Å². The van der Waals surface area contributed by atoms with Crippen LogP contribution in [-0.2, 0) is 24.3 Å². The van der Waals surface area contributed by atoms with Crippen LogP contribution in [0.15, 0.2) is 12.4 Å². The molecule has 1 rings (SSSR count). The van der Waals surface area contributed by atoms with Gasteiger partial charge in [0, 0.05) is 53.7 Å². The zero-order valence-electron chi connectivity index (χ0n) is 9.56. The smallest absolute Gasteiger partial charge is 0.109 e. The van der Waals surface area contributed by atoms with E-state index in [1.54, 1.807) is 6.20 Å². The highest BCUT2D eigenvalue weighted by atomic mass is 32.2. The summed E-state index contributed by atoms with van der Waals surface area (Å²) in [6, 6.07) is 0. The van der Waals surface area contributed by atoms with Crippen LogP contribution in [0.5, 0.6) is 0 Å². The van der Waals surface area contributed by atoms with Gasteiger partial charge in [0.1, 0.15) is 5.82 Å². The summed E-state index contributed by atoms with van der Waals surface area (Å²) in [6.45, 7) is 3.79. The second kappa shape index (κ2) is 4.90. The molecule has 15 heavy (non-hydrogen) atoms. The van der Waals surface area contributed by atoms with E-state index in [9.17, 15) is 4.21 Å². The first-order valence-corrected chi connectivity index (χ1v) is 6.47. The SMILES string of the molecule is Cn1ccnc1CCS(=O)CC(C)(C)N. The molecule has 0 saturated carbocycles. The molecule has 0 spiro atoms. The number of hydrogen-bond donors (Lipinski definition) is 1. The summed E-state index contributed by atoms with van der Waals surface area (Å²) in [5.74, 6) is 2.14. The molecule has 1 unspecified atom stereocenters. The van der Waals surface area contributed by atoms with Gasteiger partial charge >= 0.3 is 0 Å². The number of aryl methyl sites for hydroxylation is 2. The Bertz CT molecular complexity index is 341. The number of nitrogens with two attached hydrogens (primary N) is 1. The number of aromatic nitrogens is 2. The molecule has 0 fully saturated rings. The van der Waals surface area contributed by atoms with Crippen LogP contribution in [0.2, 0.25) is 0 Å². The fourth-order valence-electron chi connectivity index (χ4n) is 1.33. The fraction of sp³-hybridized carbons (Fsp3) is 0.700. The summed E-state index contributed by atoms with van der Waals surface area (Å²) in [5, 5.41) is 0. The monoisotopic (exact) mass is 229 g/mol. The molecule has 1 atom stereocenters. The minimum atomic E-state index is -0.861. The summed E-state index contributed by atoms with van der Waals surface area (Å²) in [7, 11) is 1.08. The van der Waals surface area contributed by atoms with Crippen molar-refractivity contribution in [2.45, 2.75) is 25.8 Å². The van der Waals surface area contributed by atoms with Crippen LogP contribution in [0.25, 0.3) is 0 Å². The molecule has 2 N–H and O–H groups in total. The lowest BCUT2D eigenvalue weighted by Gasteiger charge is -2.17. The third-order valence-corrected chi connectivity index (χ3v) is 3.73. The van der Waals surface area contributed by atoms with Crippen molar-refractivity contribution in [3.8, 4) is 0 Å². The van der Waals surface area contributed by atoms with Gasteiger partial charge in [-0.15, -0.1) is 0 Å². The normalized spacial score (nSPS) is 14.1. The van der Waals surface area contributed by atoms with Crippen LogP contribution >= 0.6 is 0 Å². The number of nitrogens with zero attached hydrogens (tertiary/aromatic N) is 2. The maximum atomic E-state index is 11.7. The number of rotatable bonds is 5. The Kier molecular flexibility index (Phi) is 4.04. The van der Waals surface area contributed by atoms with Crippen LogP contribution < -0.4 is 5.73 Å². The summed E-state index contributed by atoms with van der Waals surface area (Å²) >= 11 is 0. The maximum Gasteiger partial charge on any atom is 0.109 e. The Morgan fingerprint density at radius 1 is 1.60 bits per heavy atom. The van der Waals surface area contributed by atoms with Crippen molar-refractivity contribution >= 4 is 10.8 Å². The minimum absolute atomic E-state index is 0.355. The highest BCUT2D eigenvalue weighted by molar-refractivity contribution is 7.85. The van der Waals surface area contributed by atoms with E-state index >= 15 is 0 Å². The van der Waals surface area contributed by atoms with Crippen molar-refractivity contribution < 1.29 is 4.21 Å². The highest BCUT2D eigenvalue weighted by Crippen LogP contribution is 2.03. The molecule has 1 heterocycles. The molecular formula is C10H19N3OS. The molecule has 1 aromatic rings. The molecule has 0 aliphatic heterocycles. The van der Waals surface area contributed by atoms with Crippen molar-refractivity contribution in [3.63, 3.8) is 0 Å². The quantitative estimate of drug-likeness (QED) is 0.797. The van der Waals surface area contributed by atoms with Crippen LogP contribution in [0.3, 0.4) is 0 Å². The van der Waals surface area contributed by atoms with E-state index in [1.807, 2.05) is 31.7 Å². The molecule has 0 aliphatic rings. The average molecular weight is 229 g/mol. The lowest BCUT2D eigenvalue weighted by atomic mass is 10.1. The maximum absolute atomic E-state index is 11.7. The van der Waals surface area contributed by atoms with Crippen molar-refractivity contribution in [2.75, 3.05) is 11.5 Å². The Balaban J connectivity index is 2.38. The largest absolute Gasteiger partial charge is 0.338 e. The predicted molar refractivity (Wildman–Crippen MR) is 63.1 cm³/mol. The molecule has 0 amide bonds. The predicted octanol–water partition coefficient (Wildman–Crippen LogP) is 0.449. The van der Waals surface area contributed by atoms with Crippen LogP contribution in [0.1, 0.15) is 19.7 Å². The highest BCUT2D eigenvalue weighted by Gasteiger charge is 2.15. The molecule has 86 valence electrons. The topological polar surface area (TPSA) is 60.9 Å². The van der Waals surface area contributed by atoms with Gasteiger partial charge < -0.3 is 10.3 Å². The average Bonchev–Trinajstić information content (AvgIpc) is 2.44. The molecule has 4 nitrogen and oxygen atoms in total. The third-order valence-electron chi connectivity index (χ3n) is 2.01. The van der Waals surface area contributed by atoms with Gasteiger partial charge in [-0.2, -0.15) is 0 Å². The second-order valence-electron chi connectivity index (χ2n) is 4.48. The molecule has 0 bridgehead atoms. The Morgan fingerprint density at radius 3 is 2.73 bits per heavy atom. The molecule has 0 saturated heterocycles. The summed E-state index contributed by atoms with van der Waals surface area (Å²) in [5.41, 5.74) is 5.45. The number of hydrogen-bond acceptors (Lipinski definition) is 3. The van der Waals surface area contributed by atoms with Crippen molar-refractivity contribution in [1.82, 2.24) is 9.55 Å². The third kappa shape index (κ3) is 4.57. The molecule has 0 aromatic carbocycles. The first-order valence-electron chi connectivity index (χ1n) is 4.98. The molecular weight excluding hydrogens is 210 g/mol. The fourth-order valence-corrected chi connectivity index (χ4v) is 2.71. The van der Waals surface area contributed by atoms with E-state index in [-0.39, 0.29) is 5.54 Å². The molecule has 5 heteroatoms. The zero-order chi connectivity index (χ0) is 11.5. The van der Waals surface area contributed by atoms with Crippen LogP contribution in [0.4, 0.5) is 0 Å². The van der Waals surface area contributed by atoms with Gasteiger partial charge in [-0.1, -0.05) is 0 Å². The first kappa shape index (κ1) is 12.4. The minimum Gasteiger partial charge on any atom is -0.338 e. The van der Waals surface area contributed by atoms with Crippen molar-refractivity contribution in [2.24, 2.45) is 12.8 Å². The summed E-state index contributed by atoms with van der Waals surface area (Å²) in [4.78, 5) is 4.18. The van der Waals surface area contributed by atoms with E-state index in [0.29, 0.717) is 11.5 Å². The van der Waals surface area contributed by atoms with E-state index in [4.69, 9.17) is 5.73 Å².